The Morgan fingerprint density at radius 2 is 2.08 bits per heavy atom. The number of hydrogen-bond acceptors (Lipinski definition) is 5. The summed E-state index contributed by atoms with van der Waals surface area (Å²) in [5, 5.41) is 13.6. The summed E-state index contributed by atoms with van der Waals surface area (Å²) in [6.07, 6.45) is 1.02. The van der Waals surface area contributed by atoms with Gasteiger partial charge in [0.1, 0.15) is 0 Å². The summed E-state index contributed by atoms with van der Waals surface area (Å²) < 4.78 is 0. The third kappa shape index (κ3) is 3.63. The van der Waals surface area contributed by atoms with Crippen LogP contribution in [0.15, 0.2) is 36.4 Å². The van der Waals surface area contributed by atoms with Crippen LogP contribution in [0.5, 0.6) is 0 Å². The van der Waals surface area contributed by atoms with E-state index in [0.29, 0.717) is 11.4 Å². The van der Waals surface area contributed by atoms with Gasteiger partial charge in [0, 0.05) is 31.7 Å². The van der Waals surface area contributed by atoms with Crippen LogP contribution >= 0.6 is 11.3 Å². The van der Waals surface area contributed by atoms with Crippen LogP contribution in [0.4, 0.5) is 5.00 Å². The van der Waals surface area contributed by atoms with Crippen molar-refractivity contribution in [2.75, 3.05) is 13.1 Å². The number of benzene rings is 1. The number of thiophene rings is 1. The van der Waals surface area contributed by atoms with E-state index < -0.39 is 4.92 Å². The molecule has 0 saturated carbocycles. The third-order valence-corrected chi connectivity index (χ3v) is 5.37. The minimum Gasteiger partial charge on any atom is -0.350 e. The average Bonchev–Trinajstić information content (AvgIpc) is 3.09. The molecule has 1 aliphatic heterocycles. The first-order chi connectivity index (χ1) is 11.5. The summed E-state index contributed by atoms with van der Waals surface area (Å²) >= 11 is 0.902. The Balaban J connectivity index is 1.54. The van der Waals surface area contributed by atoms with Crippen LogP contribution in [0.1, 0.15) is 27.7 Å². The molecule has 0 radical (unpaired) electrons. The zero-order valence-corrected chi connectivity index (χ0v) is 14.2. The van der Waals surface area contributed by atoms with Crippen molar-refractivity contribution in [2.24, 2.45) is 0 Å². The molecule has 3 rings (SSSR count). The SMILES string of the molecule is CC(CNC(=O)c1ccc([N+](=O)[O-])s1)N1CCc2ccccc2C1. The highest BCUT2D eigenvalue weighted by Gasteiger charge is 2.21. The third-order valence-electron chi connectivity index (χ3n) is 4.34. The lowest BCUT2D eigenvalue weighted by molar-refractivity contribution is -0.380. The molecule has 6 nitrogen and oxygen atoms in total. The maximum Gasteiger partial charge on any atom is 0.324 e. The smallest absolute Gasteiger partial charge is 0.324 e. The van der Waals surface area contributed by atoms with Crippen molar-refractivity contribution in [1.82, 2.24) is 10.2 Å². The van der Waals surface area contributed by atoms with Crippen molar-refractivity contribution in [3.8, 4) is 0 Å². The number of hydrogen-bond donors (Lipinski definition) is 1. The minimum atomic E-state index is -0.477. The molecule has 1 atom stereocenters. The normalized spacial score (nSPS) is 15.5. The van der Waals surface area contributed by atoms with Gasteiger partial charge in [-0.05, 0) is 30.5 Å². The fourth-order valence-corrected chi connectivity index (χ4v) is 3.64. The van der Waals surface area contributed by atoms with E-state index in [9.17, 15) is 14.9 Å². The summed E-state index contributed by atoms with van der Waals surface area (Å²) in [7, 11) is 0. The second-order valence-corrected chi connectivity index (χ2v) is 7.01. The second-order valence-electron chi connectivity index (χ2n) is 5.94. The Labute approximate surface area is 144 Å². The van der Waals surface area contributed by atoms with Crippen LogP contribution in [0.3, 0.4) is 0 Å². The van der Waals surface area contributed by atoms with Gasteiger partial charge in [-0.15, -0.1) is 0 Å². The molecule has 1 aliphatic rings. The highest BCUT2D eigenvalue weighted by Crippen LogP contribution is 2.24. The van der Waals surface area contributed by atoms with Gasteiger partial charge in [-0.3, -0.25) is 19.8 Å². The number of carbonyl (C=O) groups is 1. The Hall–Kier alpha value is -2.25. The Bertz CT molecular complexity index is 759. The molecule has 2 aromatic rings. The molecule has 1 aromatic carbocycles. The first-order valence-electron chi connectivity index (χ1n) is 7.88. The Kier molecular flexibility index (Phi) is 4.92. The van der Waals surface area contributed by atoms with Gasteiger partial charge in [0.25, 0.3) is 5.91 Å². The molecule has 7 heteroatoms. The number of nitrogens with zero attached hydrogens (tertiary/aromatic N) is 2. The van der Waals surface area contributed by atoms with Crippen LogP contribution in [0.25, 0.3) is 0 Å². The first kappa shape index (κ1) is 16.6. The van der Waals surface area contributed by atoms with Gasteiger partial charge in [-0.25, -0.2) is 0 Å². The van der Waals surface area contributed by atoms with Crippen molar-refractivity contribution >= 4 is 22.2 Å². The lowest BCUT2D eigenvalue weighted by Gasteiger charge is -2.33. The van der Waals surface area contributed by atoms with Crippen LogP contribution in [-0.4, -0.2) is 34.9 Å². The zero-order chi connectivity index (χ0) is 17.1. The van der Waals surface area contributed by atoms with E-state index in [4.69, 9.17) is 0 Å². The summed E-state index contributed by atoms with van der Waals surface area (Å²) in [5.41, 5.74) is 2.74. The topological polar surface area (TPSA) is 75.5 Å². The minimum absolute atomic E-state index is 0.0131. The summed E-state index contributed by atoms with van der Waals surface area (Å²) in [4.78, 5) is 25.1. The molecule has 2 heterocycles. The second kappa shape index (κ2) is 7.11. The average molecular weight is 345 g/mol. The molecule has 0 saturated heterocycles. The standard InChI is InChI=1S/C17H19N3O3S/c1-12(19-9-8-13-4-2-3-5-14(13)11-19)10-18-17(21)15-6-7-16(24-15)20(22)23/h2-7,12H,8-11H2,1H3,(H,18,21). The maximum absolute atomic E-state index is 12.1. The van der Waals surface area contributed by atoms with Gasteiger partial charge >= 0.3 is 5.00 Å². The van der Waals surface area contributed by atoms with Crippen molar-refractivity contribution < 1.29 is 9.72 Å². The van der Waals surface area contributed by atoms with E-state index >= 15 is 0 Å². The molecular formula is C17H19N3O3S. The molecule has 1 N–H and O–H groups in total. The van der Waals surface area contributed by atoms with Crippen molar-refractivity contribution in [3.05, 3.63) is 62.5 Å². The molecule has 0 spiro atoms. The van der Waals surface area contributed by atoms with E-state index in [-0.39, 0.29) is 17.0 Å². The summed E-state index contributed by atoms with van der Waals surface area (Å²) in [6, 6.07) is 11.5. The molecule has 126 valence electrons. The number of nitrogens with one attached hydrogen (secondary N) is 1. The van der Waals surface area contributed by atoms with Gasteiger partial charge in [0.15, 0.2) is 0 Å². The predicted octanol–water partition coefficient (Wildman–Crippen LogP) is 2.83. The van der Waals surface area contributed by atoms with Crippen LogP contribution in [0, 0.1) is 10.1 Å². The largest absolute Gasteiger partial charge is 0.350 e. The van der Waals surface area contributed by atoms with E-state index in [1.54, 1.807) is 0 Å². The quantitative estimate of drug-likeness (QED) is 0.668. The molecule has 1 amide bonds. The molecule has 1 aromatic heterocycles. The fourth-order valence-electron chi connectivity index (χ4n) is 2.90. The first-order valence-corrected chi connectivity index (χ1v) is 8.69. The van der Waals surface area contributed by atoms with Crippen LogP contribution < -0.4 is 5.32 Å². The monoisotopic (exact) mass is 345 g/mol. The highest BCUT2D eigenvalue weighted by atomic mass is 32.1. The predicted molar refractivity (Wildman–Crippen MR) is 93.3 cm³/mol. The van der Waals surface area contributed by atoms with Crippen LogP contribution in [-0.2, 0) is 13.0 Å². The lowest BCUT2D eigenvalue weighted by Crippen LogP contribution is -2.44. The van der Waals surface area contributed by atoms with Gasteiger partial charge in [0.2, 0.25) is 0 Å². The van der Waals surface area contributed by atoms with Gasteiger partial charge < -0.3 is 5.32 Å². The lowest BCUT2D eigenvalue weighted by atomic mass is 9.99. The summed E-state index contributed by atoms with van der Waals surface area (Å²) in [5.74, 6) is -0.252. The molecule has 1 unspecified atom stereocenters. The van der Waals surface area contributed by atoms with Gasteiger partial charge in [-0.2, -0.15) is 0 Å². The number of amides is 1. The number of fused-ring (bicyclic) bond motifs is 1. The number of carbonyl (C=O) groups excluding carboxylic acids is 1. The molecule has 0 aliphatic carbocycles. The molecule has 0 bridgehead atoms. The van der Waals surface area contributed by atoms with Gasteiger partial charge in [0.05, 0.1) is 9.80 Å². The number of rotatable bonds is 5. The van der Waals surface area contributed by atoms with E-state index in [1.807, 2.05) is 0 Å². The molecule has 24 heavy (non-hydrogen) atoms. The van der Waals surface area contributed by atoms with Gasteiger partial charge in [-0.1, -0.05) is 35.6 Å². The van der Waals surface area contributed by atoms with Crippen molar-refractivity contribution in [1.29, 1.82) is 0 Å². The van der Waals surface area contributed by atoms with Crippen molar-refractivity contribution in [2.45, 2.75) is 25.9 Å². The molecular weight excluding hydrogens is 326 g/mol. The van der Waals surface area contributed by atoms with E-state index in [2.05, 4.69) is 41.4 Å². The zero-order valence-electron chi connectivity index (χ0n) is 13.4. The van der Waals surface area contributed by atoms with E-state index in [1.165, 1.54) is 23.3 Å². The summed E-state index contributed by atoms with van der Waals surface area (Å²) in [6.45, 7) is 4.47. The Morgan fingerprint density at radius 1 is 1.33 bits per heavy atom. The van der Waals surface area contributed by atoms with Crippen LogP contribution in [0.2, 0.25) is 0 Å². The Morgan fingerprint density at radius 3 is 2.79 bits per heavy atom. The highest BCUT2D eigenvalue weighted by molar-refractivity contribution is 7.17. The fraction of sp³-hybridized carbons (Fsp3) is 0.353. The number of nitro groups is 1. The van der Waals surface area contributed by atoms with E-state index in [0.717, 1.165) is 30.8 Å². The molecule has 0 fully saturated rings. The van der Waals surface area contributed by atoms with Crippen molar-refractivity contribution in [3.63, 3.8) is 0 Å². The maximum atomic E-state index is 12.1.